The first kappa shape index (κ1) is 19.3. The van der Waals surface area contributed by atoms with E-state index in [4.69, 9.17) is 16.1 Å². The van der Waals surface area contributed by atoms with Gasteiger partial charge in [0.25, 0.3) is 0 Å². The highest BCUT2D eigenvalue weighted by atomic mass is 35.5. The summed E-state index contributed by atoms with van der Waals surface area (Å²) in [5.41, 5.74) is 3.79. The summed E-state index contributed by atoms with van der Waals surface area (Å²) in [5.74, 6) is 1.39. The molecule has 0 aliphatic carbocycles. The van der Waals surface area contributed by atoms with Crippen LogP contribution in [0.5, 0.6) is 0 Å². The van der Waals surface area contributed by atoms with Gasteiger partial charge < -0.3 is 9.84 Å². The van der Waals surface area contributed by atoms with Crippen LogP contribution >= 0.6 is 11.6 Å². The van der Waals surface area contributed by atoms with E-state index in [0.29, 0.717) is 17.4 Å². The van der Waals surface area contributed by atoms with E-state index in [1.165, 1.54) is 6.07 Å². The van der Waals surface area contributed by atoms with E-state index in [2.05, 4.69) is 25.5 Å². The molecule has 7 nitrogen and oxygen atoms in total. The molecular formula is C20H20ClFN6O. The molecule has 150 valence electrons. The fraction of sp³-hybridized carbons (Fsp3) is 0.300. The summed E-state index contributed by atoms with van der Waals surface area (Å²) >= 11 is 6.00. The molecule has 1 atom stereocenters. The SMILES string of the molecule is CCC(Nc1cc(C)nc2c(-c3ccc(F)c(Cl)c3)c(C)nn12)c1nc(C)no1. The van der Waals surface area contributed by atoms with Crippen LogP contribution < -0.4 is 5.32 Å². The van der Waals surface area contributed by atoms with E-state index >= 15 is 0 Å². The number of nitrogens with one attached hydrogen (secondary N) is 1. The lowest BCUT2D eigenvalue weighted by Crippen LogP contribution is -2.14. The minimum atomic E-state index is -0.461. The quantitative estimate of drug-likeness (QED) is 0.491. The summed E-state index contributed by atoms with van der Waals surface area (Å²) in [6.45, 7) is 7.61. The van der Waals surface area contributed by atoms with E-state index in [9.17, 15) is 4.39 Å². The molecule has 0 spiro atoms. The minimum Gasteiger partial charge on any atom is -0.358 e. The molecule has 0 bridgehead atoms. The third-order valence-corrected chi connectivity index (χ3v) is 4.96. The Kier molecular flexibility index (Phi) is 4.96. The number of aromatic nitrogens is 5. The first-order valence-electron chi connectivity index (χ1n) is 9.26. The lowest BCUT2D eigenvalue weighted by atomic mass is 10.1. The molecule has 0 saturated heterocycles. The maximum Gasteiger partial charge on any atom is 0.249 e. The van der Waals surface area contributed by atoms with Gasteiger partial charge in [0.1, 0.15) is 17.7 Å². The fourth-order valence-corrected chi connectivity index (χ4v) is 3.49. The van der Waals surface area contributed by atoms with Gasteiger partial charge in [-0.05, 0) is 44.9 Å². The van der Waals surface area contributed by atoms with Crippen molar-refractivity contribution in [1.82, 2.24) is 24.7 Å². The number of anilines is 1. The molecule has 1 aromatic carbocycles. The Bertz CT molecular complexity index is 1200. The van der Waals surface area contributed by atoms with E-state index in [1.54, 1.807) is 23.6 Å². The molecule has 3 aromatic heterocycles. The van der Waals surface area contributed by atoms with Gasteiger partial charge in [0.2, 0.25) is 5.89 Å². The summed E-state index contributed by atoms with van der Waals surface area (Å²) in [5, 5.41) is 12.0. The molecule has 1 unspecified atom stereocenters. The minimum absolute atomic E-state index is 0.0602. The third kappa shape index (κ3) is 3.55. The van der Waals surface area contributed by atoms with Crippen molar-refractivity contribution in [1.29, 1.82) is 0 Å². The zero-order chi connectivity index (χ0) is 20.7. The number of halogens is 2. The zero-order valence-electron chi connectivity index (χ0n) is 16.5. The van der Waals surface area contributed by atoms with Crippen molar-refractivity contribution in [2.45, 2.75) is 40.2 Å². The first-order chi connectivity index (χ1) is 13.9. The van der Waals surface area contributed by atoms with Gasteiger partial charge in [0, 0.05) is 17.3 Å². The van der Waals surface area contributed by atoms with E-state index in [-0.39, 0.29) is 11.1 Å². The number of nitrogens with zero attached hydrogens (tertiary/aromatic N) is 5. The van der Waals surface area contributed by atoms with Crippen LogP contribution in [0.4, 0.5) is 10.2 Å². The summed E-state index contributed by atoms with van der Waals surface area (Å²) in [6.07, 6.45) is 0.741. The van der Waals surface area contributed by atoms with Crippen molar-refractivity contribution >= 4 is 23.1 Å². The molecule has 9 heteroatoms. The number of hydrogen-bond donors (Lipinski definition) is 1. The molecule has 0 radical (unpaired) electrons. The second kappa shape index (κ2) is 7.44. The topological polar surface area (TPSA) is 81.1 Å². The predicted octanol–water partition coefficient (Wildman–Crippen LogP) is 5.06. The van der Waals surface area contributed by atoms with Gasteiger partial charge in [-0.2, -0.15) is 14.6 Å². The van der Waals surface area contributed by atoms with E-state index in [1.807, 2.05) is 26.8 Å². The van der Waals surface area contributed by atoms with Gasteiger partial charge >= 0.3 is 0 Å². The van der Waals surface area contributed by atoms with Crippen LogP contribution in [0.3, 0.4) is 0 Å². The maximum atomic E-state index is 13.6. The second-order valence-corrected chi connectivity index (χ2v) is 7.30. The molecule has 1 N–H and O–H groups in total. The van der Waals surface area contributed by atoms with Crippen molar-refractivity contribution in [3.05, 3.63) is 58.2 Å². The highest BCUT2D eigenvalue weighted by molar-refractivity contribution is 6.31. The lowest BCUT2D eigenvalue weighted by Gasteiger charge is -2.15. The Labute approximate surface area is 171 Å². The molecule has 4 rings (SSSR count). The Morgan fingerprint density at radius 1 is 1.21 bits per heavy atom. The van der Waals surface area contributed by atoms with E-state index < -0.39 is 5.82 Å². The molecular weight excluding hydrogens is 395 g/mol. The number of aryl methyl sites for hydroxylation is 3. The van der Waals surface area contributed by atoms with Gasteiger partial charge in [-0.1, -0.05) is 29.7 Å². The largest absolute Gasteiger partial charge is 0.358 e. The van der Waals surface area contributed by atoms with Gasteiger partial charge in [-0.3, -0.25) is 0 Å². The average molecular weight is 415 g/mol. The van der Waals surface area contributed by atoms with Crippen LogP contribution in [-0.2, 0) is 0 Å². The van der Waals surface area contributed by atoms with Crippen LogP contribution in [0.25, 0.3) is 16.8 Å². The third-order valence-electron chi connectivity index (χ3n) is 4.67. The normalized spacial score (nSPS) is 12.5. The number of fused-ring (bicyclic) bond motifs is 1. The van der Waals surface area contributed by atoms with Crippen molar-refractivity contribution < 1.29 is 8.91 Å². The molecule has 0 aliphatic heterocycles. The van der Waals surface area contributed by atoms with Crippen molar-refractivity contribution in [3.63, 3.8) is 0 Å². The smallest absolute Gasteiger partial charge is 0.249 e. The molecule has 3 heterocycles. The average Bonchev–Trinajstić information content (AvgIpc) is 3.24. The van der Waals surface area contributed by atoms with Crippen LogP contribution in [0.1, 0.15) is 42.5 Å². The van der Waals surface area contributed by atoms with E-state index in [0.717, 1.165) is 34.8 Å². The Hall–Kier alpha value is -3.00. The fourth-order valence-electron chi connectivity index (χ4n) is 3.31. The summed E-state index contributed by atoms with van der Waals surface area (Å²) in [4.78, 5) is 9.00. The summed E-state index contributed by atoms with van der Waals surface area (Å²) < 4.78 is 20.7. The molecule has 4 aromatic rings. The van der Waals surface area contributed by atoms with Gasteiger partial charge in [0.05, 0.1) is 10.7 Å². The summed E-state index contributed by atoms with van der Waals surface area (Å²) in [6, 6.07) is 6.36. The summed E-state index contributed by atoms with van der Waals surface area (Å²) in [7, 11) is 0. The van der Waals surface area contributed by atoms with Crippen LogP contribution in [0, 0.1) is 26.6 Å². The predicted molar refractivity (Wildman–Crippen MR) is 109 cm³/mol. The van der Waals surface area contributed by atoms with Gasteiger partial charge in [0.15, 0.2) is 11.5 Å². The van der Waals surface area contributed by atoms with Crippen LogP contribution in [-0.4, -0.2) is 24.7 Å². The number of rotatable bonds is 5. The van der Waals surface area contributed by atoms with Crippen molar-refractivity contribution in [2.24, 2.45) is 0 Å². The Balaban J connectivity index is 1.83. The molecule has 0 fully saturated rings. The van der Waals surface area contributed by atoms with Crippen LogP contribution in [0.2, 0.25) is 5.02 Å². The zero-order valence-corrected chi connectivity index (χ0v) is 17.3. The van der Waals surface area contributed by atoms with Crippen molar-refractivity contribution in [2.75, 3.05) is 5.32 Å². The standard InChI is InChI=1S/C20H20ClFN6O/c1-5-16(20-24-12(4)27-29-20)25-17-8-10(2)23-19-18(11(3)26-28(17)19)13-6-7-15(22)14(21)9-13/h6-9,16,25H,5H2,1-4H3. The first-order valence-corrected chi connectivity index (χ1v) is 9.64. The molecule has 29 heavy (non-hydrogen) atoms. The number of benzene rings is 1. The van der Waals surface area contributed by atoms with Gasteiger partial charge in [-0.25, -0.2) is 9.37 Å². The lowest BCUT2D eigenvalue weighted by molar-refractivity contribution is 0.356. The Morgan fingerprint density at radius 2 is 2.00 bits per heavy atom. The highest BCUT2D eigenvalue weighted by Gasteiger charge is 2.21. The number of hydrogen-bond acceptors (Lipinski definition) is 6. The molecule has 0 aliphatic rings. The van der Waals surface area contributed by atoms with Gasteiger partial charge in [-0.15, -0.1) is 0 Å². The molecule has 0 saturated carbocycles. The van der Waals surface area contributed by atoms with Crippen LogP contribution in [0.15, 0.2) is 28.8 Å². The second-order valence-electron chi connectivity index (χ2n) is 6.89. The van der Waals surface area contributed by atoms with Crippen molar-refractivity contribution in [3.8, 4) is 11.1 Å². The highest BCUT2D eigenvalue weighted by Crippen LogP contribution is 2.32. The monoisotopic (exact) mass is 414 g/mol. The Morgan fingerprint density at radius 3 is 2.66 bits per heavy atom. The molecule has 0 amide bonds. The maximum absolute atomic E-state index is 13.6.